The van der Waals surface area contributed by atoms with Crippen LogP contribution >= 0.6 is 23.5 Å². The molecule has 31 heavy (non-hydrogen) atoms. The fraction of sp³-hybridized carbons (Fsp3) is 0.565. The summed E-state index contributed by atoms with van der Waals surface area (Å²) in [4.78, 5) is 7.32. The van der Waals surface area contributed by atoms with E-state index in [-0.39, 0.29) is 0 Å². The van der Waals surface area contributed by atoms with Gasteiger partial charge in [0.2, 0.25) is 0 Å². The van der Waals surface area contributed by atoms with Gasteiger partial charge >= 0.3 is 0 Å². The third-order valence-electron chi connectivity index (χ3n) is 5.81. The lowest BCUT2D eigenvalue weighted by Gasteiger charge is -2.22. The average Bonchev–Trinajstić information content (AvgIpc) is 3.42. The van der Waals surface area contributed by atoms with E-state index in [0.29, 0.717) is 0 Å². The van der Waals surface area contributed by atoms with E-state index in [0.717, 1.165) is 61.9 Å². The molecule has 0 atom stereocenters. The molecular formula is C23H34N6S2. The fourth-order valence-electron chi connectivity index (χ4n) is 4.11. The molecule has 2 aliphatic heterocycles. The van der Waals surface area contributed by atoms with Crippen LogP contribution in [0.5, 0.6) is 0 Å². The van der Waals surface area contributed by atoms with Crippen molar-refractivity contribution in [3.05, 3.63) is 35.9 Å². The summed E-state index contributed by atoms with van der Waals surface area (Å²) < 4.78 is 0. The molecule has 168 valence electrons. The van der Waals surface area contributed by atoms with Crippen LogP contribution in [0.2, 0.25) is 0 Å². The maximum absolute atomic E-state index is 4.52. The minimum Gasteiger partial charge on any atom is -0.302 e. The Bertz CT molecular complexity index is 827. The number of H-pyrrole nitrogens is 2. The summed E-state index contributed by atoms with van der Waals surface area (Å²) in [6, 6.07) is 0. The molecular weight excluding hydrogens is 424 g/mol. The second-order valence-electron chi connectivity index (χ2n) is 8.47. The molecule has 0 aromatic carbocycles. The fourth-order valence-corrected chi connectivity index (χ4v) is 6.15. The Morgan fingerprint density at radius 1 is 0.774 bits per heavy atom. The number of aromatic amines is 2. The van der Waals surface area contributed by atoms with E-state index in [1.54, 1.807) is 0 Å². The summed E-state index contributed by atoms with van der Waals surface area (Å²) in [5.41, 5.74) is 5.04. The largest absolute Gasteiger partial charge is 0.302 e. The van der Waals surface area contributed by atoms with Crippen LogP contribution in [-0.2, 0) is 0 Å². The number of aromatic nitrogens is 4. The van der Waals surface area contributed by atoms with Gasteiger partial charge in [-0.3, -0.25) is 10.2 Å². The lowest BCUT2D eigenvalue weighted by atomic mass is 10.1. The van der Waals surface area contributed by atoms with Crippen molar-refractivity contribution < 1.29 is 0 Å². The number of hydrogen-bond acceptors (Lipinski definition) is 6. The number of thioether (sulfide) groups is 2. The van der Waals surface area contributed by atoms with E-state index in [1.807, 2.05) is 23.5 Å². The molecule has 0 bridgehead atoms. The summed E-state index contributed by atoms with van der Waals surface area (Å²) in [6.07, 6.45) is 14.8. The molecule has 0 spiro atoms. The van der Waals surface area contributed by atoms with Crippen LogP contribution in [-0.4, -0.2) is 82.0 Å². The number of hydrogen-bond donors (Lipinski definition) is 2. The lowest BCUT2D eigenvalue weighted by molar-refractivity contribution is 0.372. The van der Waals surface area contributed by atoms with Gasteiger partial charge in [0.25, 0.3) is 0 Å². The molecule has 0 aliphatic carbocycles. The first-order chi connectivity index (χ1) is 15.2. The molecule has 2 aliphatic rings. The third kappa shape index (κ3) is 6.28. The van der Waals surface area contributed by atoms with Gasteiger partial charge in [0.1, 0.15) is 11.4 Å². The van der Waals surface area contributed by atoms with E-state index in [4.69, 9.17) is 0 Å². The van der Waals surface area contributed by atoms with E-state index >= 15 is 0 Å². The van der Waals surface area contributed by atoms with E-state index in [1.165, 1.54) is 40.2 Å². The van der Waals surface area contributed by atoms with Gasteiger partial charge in [0.15, 0.2) is 0 Å². The van der Waals surface area contributed by atoms with Crippen molar-refractivity contribution in [1.29, 1.82) is 0 Å². The average molecular weight is 459 g/mol. The molecule has 0 amide bonds. The molecule has 6 nitrogen and oxygen atoms in total. The second kappa shape index (κ2) is 11.4. The first-order valence-electron chi connectivity index (χ1n) is 11.3. The second-order valence-corrected chi connectivity index (χ2v) is 10.7. The zero-order valence-corrected chi connectivity index (χ0v) is 20.3. The molecule has 4 rings (SSSR count). The van der Waals surface area contributed by atoms with Gasteiger partial charge in [-0.05, 0) is 62.4 Å². The Balaban J connectivity index is 1.16. The number of likely N-dealkylation sites (N-methyl/N-ethyl adjacent to an activating group) is 2. The summed E-state index contributed by atoms with van der Waals surface area (Å²) in [5, 5.41) is 15.2. The highest BCUT2D eigenvalue weighted by molar-refractivity contribution is 7.99. The molecule has 2 N–H and O–H groups in total. The molecule has 8 heteroatoms. The summed E-state index contributed by atoms with van der Waals surface area (Å²) in [7, 11) is 4.36. The van der Waals surface area contributed by atoms with Crippen molar-refractivity contribution in [2.45, 2.75) is 41.9 Å². The Labute approximate surface area is 194 Å². The van der Waals surface area contributed by atoms with Gasteiger partial charge in [-0.15, -0.1) is 23.5 Å². The molecule has 0 saturated carbocycles. The third-order valence-corrected chi connectivity index (χ3v) is 8.04. The predicted octanol–water partition coefficient (Wildman–Crippen LogP) is 4.63. The summed E-state index contributed by atoms with van der Waals surface area (Å²) in [6.45, 7) is 4.28. The van der Waals surface area contributed by atoms with Crippen LogP contribution in [0.15, 0.2) is 34.3 Å². The zero-order valence-electron chi connectivity index (χ0n) is 18.7. The SMILES string of the molecule is CN1CCC=C(c2n[nH]cc2SCCCCCSc2c[nH]nc2C2=CCCN(C)C2)C1. The Hall–Kier alpha value is -1.48. The minimum absolute atomic E-state index is 0.999. The van der Waals surface area contributed by atoms with Gasteiger partial charge in [0, 0.05) is 38.6 Å². The molecule has 0 saturated heterocycles. The number of nitrogens with zero attached hydrogens (tertiary/aromatic N) is 4. The van der Waals surface area contributed by atoms with Crippen LogP contribution in [0.3, 0.4) is 0 Å². The van der Waals surface area contributed by atoms with Gasteiger partial charge in [0.05, 0.1) is 9.79 Å². The lowest BCUT2D eigenvalue weighted by Crippen LogP contribution is -2.25. The molecule has 0 unspecified atom stereocenters. The molecule has 2 aromatic rings. The van der Waals surface area contributed by atoms with Gasteiger partial charge in [-0.25, -0.2) is 0 Å². The number of nitrogens with one attached hydrogen (secondary N) is 2. The molecule has 4 heterocycles. The van der Waals surface area contributed by atoms with Gasteiger partial charge < -0.3 is 9.80 Å². The smallest absolute Gasteiger partial charge is 0.103 e. The Morgan fingerprint density at radius 3 is 1.71 bits per heavy atom. The van der Waals surface area contributed by atoms with Crippen molar-refractivity contribution in [3.8, 4) is 0 Å². The normalized spacial score (nSPS) is 18.3. The van der Waals surface area contributed by atoms with Crippen molar-refractivity contribution in [3.63, 3.8) is 0 Å². The van der Waals surface area contributed by atoms with Crippen LogP contribution in [0.25, 0.3) is 11.1 Å². The highest BCUT2D eigenvalue weighted by Crippen LogP contribution is 2.31. The molecule has 2 aromatic heterocycles. The number of unbranched alkanes of at least 4 members (excludes halogenated alkanes) is 2. The first kappa shape index (κ1) is 22.7. The van der Waals surface area contributed by atoms with E-state index in [9.17, 15) is 0 Å². The first-order valence-corrected chi connectivity index (χ1v) is 13.3. The quantitative estimate of drug-likeness (QED) is 0.400. The molecule has 0 fully saturated rings. The minimum atomic E-state index is 0.999. The van der Waals surface area contributed by atoms with Crippen molar-refractivity contribution in [2.24, 2.45) is 0 Å². The van der Waals surface area contributed by atoms with E-state index < -0.39 is 0 Å². The zero-order chi connectivity index (χ0) is 21.5. The standard InChI is InChI=1S/C23H34N6S2/c1-28-10-6-8-18(16-28)22-20(14-24-26-22)30-12-4-3-5-13-31-21-15-25-27-23(21)19-9-7-11-29(2)17-19/h8-9,14-15H,3-7,10-13,16-17H2,1-2H3,(H,24,26)(H,25,27). The van der Waals surface area contributed by atoms with Crippen LogP contribution in [0.4, 0.5) is 0 Å². The predicted molar refractivity (Wildman–Crippen MR) is 133 cm³/mol. The highest BCUT2D eigenvalue weighted by atomic mass is 32.2. The number of rotatable bonds is 10. The van der Waals surface area contributed by atoms with Crippen molar-refractivity contribution in [1.82, 2.24) is 30.2 Å². The molecule has 0 radical (unpaired) electrons. The highest BCUT2D eigenvalue weighted by Gasteiger charge is 2.17. The monoisotopic (exact) mass is 458 g/mol. The Kier molecular flexibility index (Phi) is 8.35. The van der Waals surface area contributed by atoms with Gasteiger partial charge in [-0.2, -0.15) is 10.2 Å². The maximum Gasteiger partial charge on any atom is 0.103 e. The van der Waals surface area contributed by atoms with Crippen LogP contribution in [0.1, 0.15) is 43.5 Å². The van der Waals surface area contributed by atoms with E-state index in [2.05, 4.69) is 68.8 Å². The summed E-state index contributed by atoms with van der Waals surface area (Å²) >= 11 is 3.88. The maximum atomic E-state index is 4.52. The van der Waals surface area contributed by atoms with Crippen LogP contribution < -0.4 is 0 Å². The Morgan fingerprint density at radius 2 is 1.26 bits per heavy atom. The van der Waals surface area contributed by atoms with Crippen LogP contribution in [0, 0.1) is 0 Å². The summed E-state index contributed by atoms with van der Waals surface area (Å²) in [5.74, 6) is 2.30. The van der Waals surface area contributed by atoms with Gasteiger partial charge in [-0.1, -0.05) is 18.6 Å². The van der Waals surface area contributed by atoms with Crippen molar-refractivity contribution in [2.75, 3.05) is 51.8 Å². The topological polar surface area (TPSA) is 63.8 Å². The van der Waals surface area contributed by atoms with Crippen molar-refractivity contribution >= 4 is 34.7 Å².